The lowest BCUT2D eigenvalue weighted by atomic mass is 10.1. The predicted molar refractivity (Wildman–Crippen MR) is 103 cm³/mol. The molecule has 1 aliphatic heterocycles. The monoisotopic (exact) mass is 413 g/mol. The first-order chi connectivity index (χ1) is 14.4. The first-order valence-corrected chi connectivity index (χ1v) is 9.77. The molecule has 9 heteroatoms. The molecule has 0 bridgehead atoms. The van der Waals surface area contributed by atoms with Gasteiger partial charge in [0.05, 0.1) is 10.9 Å². The van der Waals surface area contributed by atoms with Crippen LogP contribution in [0, 0.1) is 0 Å². The molecule has 0 N–H and O–H groups in total. The van der Waals surface area contributed by atoms with Crippen molar-refractivity contribution in [3.05, 3.63) is 54.1 Å². The first-order valence-electron chi connectivity index (χ1n) is 9.77. The zero-order valence-corrected chi connectivity index (χ0v) is 15.9. The molecule has 3 heterocycles. The molecule has 30 heavy (non-hydrogen) atoms. The standard InChI is InChI=1S/C21H18F3N5O/c22-21(23,24)14-8-10-15(11-9-14)28-20(30)19-25-18(27-12-4-1-5-13-27)16-6-2-3-7-17(16)29(19)26-28/h2-3,6-11H,1,4-5,12-13H2. The maximum absolute atomic E-state index is 13.1. The Morgan fingerprint density at radius 3 is 2.33 bits per heavy atom. The van der Waals surface area contributed by atoms with E-state index in [9.17, 15) is 18.3 Å². The van der Waals surface area contributed by atoms with Crippen LogP contribution in [0.15, 0.2) is 48.5 Å². The first kappa shape index (κ1) is 18.7. The highest BCUT2D eigenvalue weighted by Gasteiger charge is 2.30. The minimum atomic E-state index is -4.44. The van der Waals surface area contributed by atoms with E-state index in [-0.39, 0.29) is 11.3 Å². The number of rotatable bonds is 2. The van der Waals surface area contributed by atoms with Gasteiger partial charge in [-0.25, -0.2) is 0 Å². The van der Waals surface area contributed by atoms with Crippen LogP contribution >= 0.6 is 0 Å². The molecule has 4 aromatic rings. The van der Waals surface area contributed by atoms with Crippen molar-refractivity contribution in [2.24, 2.45) is 0 Å². The maximum Gasteiger partial charge on any atom is 0.416 e. The summed E-state index contributed by atoms with van der Waals surface area (Å²) in [5.41, 5.74) is 0.348. The zero-order chi connectivity index (χ0) is 20.9. The summed E-state index contributed by atoms with van der Waals surface area (Å²) in [5, 5.41) is 18.3. The van der Waals surface area contributed by atoms with Crippen LogP contribution in [0.25, 0.3) is 22.2 Å². The molecule has 0 saturated carbocycles. The fourth-order valence-electron chi connectivity index (χ4n) is 3.93. The number of piperidine rings is 1. The van der Waals surface area contributed by atoms with Crippen LogP contribution in [0.3, 0.4) is 0 Å². The van der Waals surface area contributed by atoms with Crippen LogP contribution < -0.4 is 14.5 Å². The highest BCUT2D eigenvalue weighted by Crippen LogP contribution is 2.31. The molecule has 0 atom stereocenters. The summed E-state index contributed by atoms with van der Waals surface area (Å²) >= 11 is 0. The molecule has 154 valence electrons. The maximum atomic E-state index is 13.1. The van der Waals surface area contributed by atoms with Gasteiger partial charge in [0.2, 0.25) is 5.82 Å². The highest BCUT2D eigenvalue weighted by molar-refractivity contribution is 5.88. The molecule has 0 unspecified atom stereocenters. The lowest BCUT2D eigenvalue weighted by molar-refractivity contribution is -0.558. The Hall–Kier alpha value is -3.36. The minimum absolute atomic E-state index is 0.147. The average molecular weight is 413 g/mol. The molecule has 0 radical (unpaired) electrons. The number of aromatic nitrogens is 4. The predicted octanol–water partition coefficient (Wildman–Crippen LogP) is 3.24. The average Bonchev–Trinajstić information content (AvgIpc) is 3.10. The van der Waals surface area contributed by atoms with Gasteiger partial charge < -0.3 is 10.0 Å². The molecule has 5 rings (SSSR count). The van der Waals surface area contributed by atoms with E-state index in [1.54, 1.807) is 0 Å². The van der Waals surface area contributed by atoms with Crippen molar-refractivity contribution >= 4 is 22.4 Å². The number of fused-ring (bicyclic) bond motifs is 3. The van der Waals surface area contributed by atoms with Crippen molar-refractivity contribution in [2.75, 3.05) is 18.0 Å². The Bertz CT molecular complexity index is 1230. The van der Waals surface area contributed by atoms with Crippen molar-refractivity contribution in [3.63, 3.8) is 0 Å². The Kier molecular flexibility index (Phi) is 4.27. The number of para-hydroxylation sites is 1. The third kappa shape index (κ3) is 3.01. The molecule has 0 aliphatic carbocycles. The van der Waals surface area contributed by atoms with Gasteiger partial charge in [0.25, 0.3) is 0 Å². The van der Waals surface area contributed by atoms with E-state index < -0.39 is 17.6 Å². The Labute approximate surface area is 169 Å². The van der Waals surface area contributed by atoms with E-state index in [4.69, 9.17) is 0 Å². The number of anilines is 1. The fraction of sp³-hybridized carbons (Fsp3) is 0.286. The van der Waals surface area contributed by atoms with Crippen molar-refractivity contribution in [3.8, 4) is 11.6 Å². The molecule has 1 saturated heterocycles. The molecule has 6 nitrogen and oxygen atoms in total. The van der Waals surface area contributed by atoms with Crippen molar-refractivity contribution in [2.45, 2.75) is 25.4 Å². The smallest absolute Gasteiger partial charge is 0.416 e. The van der Waals surface area contributed by atoms with Crippen LogP contribution in [-0.2, 0) is 6.18 Å². The van der Waals surface area contributed by atoms with Crippen molar-refractivity contribution < 1.29 is 22.8 Å². The lowest BCUT2D eigenvalue weighted by Gasteiger charge is -2.26. The Morgan fingerprint density at radius 1 is 0.933 bits per heavy atom. The van der Waals surface area contributed by atoms with Gasteiger partial charge in [-0.15, -0.1) is 9.20 Å². The SMILES string of the molecule is [O-]c1c2nc(N3CCCCC3)c3ccccc3[n+]2nn1-c1ccc(C(F)(F)F)cc1. The summed E-state index contributed by atoms with van der Waals surface area (Å²) in [6.45, 7) is 1.74. The number of alkyl halides is 3. The summed E-state index contributed by atoms with van der Waals surface area (Å²) in [6, 6.07) is 11.9. The molecule has 2 aromatic heterocycles. The summed E-state index contributed by atoms with van der Waals surface area (Å²) in [7, 11) is 0. The van der Waals surface area contributed by atoms with Crippen molar-refractivity contribution in [1.29, 1.82) is 0 Å². The van der Waals surface area contributed by atoms with Gasteiger partial charge in [0.15, 0.2) is 0 Å². The second-order valence-electron chi connectivity index (χ2n) is 7.39. The van der Waals surface area contributed by atoms with E-state index in [0.717, 1.165) is 59.5 Å². The van der Waals surface area contributed by atoms with Crippen LogP contribution in [0.5, 0.6) is 5.88 Å². The number of halogens is 3. The van der Waals surface area contributed by atoms with Gasteiger partial charge >= 0.3 is 11.8 Å². The molecule has 2 aromatic carbocycles. The van der Waals surface area contributed by atoms with Gasteiger partial charge in [-0.2, -0.15) is 13.2 Å². The second-order valence-corrected chi connectivity index (χ2v) is 7.39. The van der Waals surface area contributed by atoms with Gasteiger partial charge in [-0.05, 0) is 55.7 Å². The molecule has 0 amide bonds. The second kappa shape index (κ2) is 6.86. The molecular weight excluding hydrogens is 395 g/mol. The summed E-state index contributed by atoms with van der Waals surface area (Å²) in [4.78, 5) is 6.82. The van der Waals surface area contributed by atoms with E-state index >= 15 is 0 Å². The van der Waals surface area contributed by atoms with Gasteiger partial charge in [0.1, 0.15) is 17.1 Å². The quantitative estimate of drug-likeness (QED) is 0.474. The van der Waals surface area contributed by atoms with Gasteiger partial charge in [-0.1, -0.05) is 17.1 Å². The number of hydrogen-bond donors (Lipinski definition) is 0. The molecule has 1 fully saturated rings. The largest absolute Gasteiger partial charge is 0.842 e. The van der Waals surface area contributed by atoms with Crippen LogP contribution in [0.2, 0.25) is 0 Å². The van der Waals surface area contributed by atoms with E-state index in [2.05, 4.69) is 15.1 Å². The van der Waals surface area contributed by atoms with Gasteiger partial charge in [-0.3, -0.25) is 0 Å². The molecular formula is C21H18F3N5O. The van der Waals surface area contributed by atoms with Crippen molar-refractivity contribution in [1.82, 2.24) is 14.9 Å². The minimum Gasteiger partial charge on any atom is -0.842 e. The van der Waals surface area contributed by atoms with Crippen LogP contribution in [0.4, 0.5) is 19.0 Å². The number of hydrogen-bond acceptors (Lipinski definition) is 4. The van der Waals surface area contributed by atoms with Crippen LogP contribution in [0.1, 0.15) is 24.8 Å². The summed E-state index contributed by atoms with van der Waals surface area (Å²) in [5.74, 6) is 0.271. The number of benzene rings is 2. The van der Waals surface area contributed by atoms with E-state index in [0.29, 0.717) is 0 Å². The highest BCUT2D eigenvalue weighted by atomic mass is 19.4. The molecule has 1 aliphatic rings. The third-order valence-corrected chi connectivity index (χ3v) is 5.44. The van der Waals surface area contributed by atoms with E-state index in [1.807, 2.05) is 24.3 Å². The topological polar surface area (TPSA) is 61.1 Å². The normalized spacial score (nSPS) is 15.2. The zero-order valence-electron chi connectivity index (χ0n) is 15.9. The van der Waals surface area contributed by atoms with Crippen LogP contribution in [-0.4, -0.2) is 28.0 Å². The summed E-state index contributed by atoms with van der Waals surface area (Å²) < 4.78 is 41.1. The summed E-state index contributed by atoms with van der Waals surface area (Å²) in [6.07, 6.45) is -1.14. The molecule has 0 spiro atoms. The van der Waals surface area contributed by atoms with E-state index in [1.165, 1.54) is 23.1 Å². The fourth-order valence-corrected chi connectivity index (χ4v) is 3.93. The lowest BCUT2D eigenvalue weighted by Crippen LogP contribution is -2.33. The van der Waals surface area contributed by atoms with Gasteiger partial charge in [0, 0.05) is 18.3 Å². The Balaban J connectivity index is 1.69. The Morgan fingerprint density at radius 2 is 1.63 bits per heavy atom. The third-order valence-electron chi connectivity index (χ3n) is 5.44. The number of nitrogens with zero attached hydrogens (tertiary/aromatic N) is 5.